The van der Waals surface area contributed by atoms with Crippen LogP contribution in [0, 0.1) is 5.82 Å². The zero-order valence-corrected chi connectivity index (χ0v) is 14.1. The topological polar surface area (TPSA) is 52.4 Å². The van der Waals surface area contributed by atoms with E-state index in [0.717, 1.165) is 22.4 Å². The first-order valence-electron chi connectivity index (χ1n) is 7.77. The highest BCUT2D eigenvalue weighted by Crippen LogP contribution is 2.25. The van der Waals surface area contributed by atoms with Gasteiger partial charge in [0.2, 0.25) is 10.9 Å². The predicted octanol–water partition coefficient (Wildman–Crippen LogP) is 3.30. The van der Waals surface area contributed by atoms with Crippen molar-refractivity contribution in [1.82, 2.24) is 28.8 Å². The van der Waals surface area contributed by atoms with Crippen molar-refractivity contribution >= 4 is 34.4 Å². The van der Waals surface area contributed by atoms with Gasteiger partial charge in [-0.25, -0.2) is 8.79 Å². The summed E-state index contributed by atoms with van der Waals surface area (Å²) >= 11 is 1.53. The van der Waals surface area contributed by atoms with Gasteiger partial charge in [0.25, 0.3) is 5.78 Å². The lowest BCUT2D eigenvalue weighted by atomic mass is 10.2. The molecule has 124 valence electrons. The third-order valence-electron chi connectivity index (χ3n) is 4.25. The largest absolute Gasteiger partial charge is 0.311 e. The first-order valence-corrected chi connectivity index (χ1v) is 8.75. The summed E-state index contributed by atoms with van der Waals surface area (Å²) < 4.78 is 18.8. The molecular formula is C17H13FN6S. The molecule has 0 spiro atoms. The number of hydrogen-bond acceptors (Lipinski definition) is 4. The lowest BCUT2D eigenvalue weighted by Gasteiger charge is -1.99. The second kappa shape index (κ2) is 5.32. The summed E-state index contributed by atoms with van der Waals surface area (Å²) in [5, 5.41) is 14.0. The Morgan fingerprint density at radius 3 is 2.52 bits per heavy atom. The molecule has 3 aromatic heterocycles. The Morgan fingerprint density at radius 1 is 0.960 bits per heavy atom. The number of fused-ring (bicyclic) bond motifs is 5. The molecule has 0 bridgehead atoms. The van der Waals surface area contributed by atoms with E-state index in [9.17, 15) is 4.39 Å². The van der Waals surface area contributed by atoms with Crippen LogP contribution in [-0.2, 0) is 12.8 Å². The van der Waals surface area contributed by atoms with Crippen molar-refractivity contribution in [2.24, 2.45) is 7.05 Å². The molecule has 0 unspecified atom stereocenters. The summed E-state index contributed by atoms with van der Waals surface area (Å²) in [6, 6.07) is 14.6. The van der Waals surface area contributed by atoms with Gasteiger partial charge in [-0.1, -0.05) is 36.0 Å². The van der Waals surface area contributed by atoms with Gasteiger partial charge in [0, 0.05) is 12.8 Å². The fourth-order valence-corrected chi connectivity index (χ4v) is 3.84. The van der Waals surface area contributed by atoms with E-state index in [-0.39, 0.29) is 5.82 Å². The van der Waals surface area contributed by atoms with E-state index in [1.54, 1.807) is 16.6 Å². The average molecular weight is 352 g/mol. The summed E-state index contributed by atoms with van der Waals surface area (Å²) in [6.07, 6.45) is 0. The Balaban J connectivity index is 1.58. The number of imidazole rings is 1. The van der Waals surface area contributed by atoms with Crippen LogP contribution in [0.1, 0.15) is 5.56 Å². The van der Waals surface area contributed by atoms with Crippen molar-refractivity contribution in [3.8, 4) is 0 Å². The van der Waals surface area contributed by atoms with Crippen molar-refractivity contribution < 1.29 is 4.39 Å². The van der Waals surface area contributed by atoms with Crippen molar-refractivity contribution in [2.45, 2.75) is 10.9 Å². The number of benzene rings is 2. The Kier molecular flexibility index (Phi) is 3.08. The standard InChI is InChI=1S/C17H13FN6S/c1-22-13-4-2-3-5-14(13)23-15-19-20-17(24(15)21-16(22)23)25-10-11-6-8-12(18)9-7-11/h2-9H,10H2,1H3. The molecule has 3 heterocycles. The van der Waals surface area contributed by atoms with Gasteiger partial charge in [-0.15, -0.1) is 15.3 Å². The molecule has 0 saturated carbocycles. The van der Waals surface area contributed by atoms with Crippen molar-refractivity contribution in [3.63, 3.8) is 0 Å². The Labute approximate surface area is 145 Å². The Hall–Kier alpha value is -2.87. The lowest BCUT2D eigenvalue weighted by molar-refractivity contribution is 0.627. The normalized spacial score (nSPS) is 11.9. The highest BCUT2D eigenvalue weighted by atomic mass is 32.2. The summed E-state index contributed by atoms with van der Waals surface area (Å²) in [6.45, 7) is 0. The molecular weight excluding hydrogens is 339 g/mol. The molecule has 0 radical (unpaired) electrons. The van der Waals surface area contributed by atoms with E-state index in [1.165, 1.54) is 23.9 Å². The molecule has 25 heavy (non-hydrogen) atoms. The van der Waals surface area contributed by atoms with Crippen LogP contribution in [0.4, 0.5) is 4.39 Å². The number of hydrogen-bond donors (Lipinski definition) is 0. The van der Waals surface area contributed by atoms with Gasteiger partial charge in [-0.05, 0) is 29.8 Å². The van der Waals surface area contributed by atoms with Crippen LogP contribution in [0.15, 0.2) is 53.7 Å². The first-order chi connectivity index (χ1) is 12.2. The quantitative estimate of drug-likeness (QED) is 0.468. The van der Waals surface area contributed by atoms with Gasteiger partial charge >= 0.3 is 0 Å². The molecule has 0 amide bonds. The van der Waals surface area contributed by atoms with Crippen molar-refractivity contribution in [2.75, 3.05) is 0 Å². The molecule has 6 nitrogen and oxygen atoms in total. The lowest BCUT2D eigenvalue weighted by Crippen LogP contribution is -1.93. The number of rotatable bonds is 3. The van der Waals surface area contributed by atoms with Crippen molar-refractivity contribution in [1.29, 1.82) is 0 Å². The smallest absolute Gasteiger partial charge is 0.260 e. The van der Waals surface area contributed by atoms with Gasteiger partial charge < -0.3 is 4.57 Å². The molecule has 0 atom stereocenters. The Morgan fingerprint density at radius 2 is 1.72 bits per heavy atom. The zero-order valence-electron chi connectivity index (χ0n) is 13.3. The molecule has 0 saturated heterocycles. The highest BCUT2D eigenvalue weighted by molar-refractivity contribution is 7.98. The van der Waals surface area contributed by atoms with Gasteiger partial charge in [0.05, 0.1) is 11.0 Å². The molecule has 5 aromatic rings. The maximum Gasteiger partial charge on any atom is 0.260 e. The van der Waals surface area contributed by atoms with Gasteiger partial charge in [-0.3, -0.25) is 0 Å². The van der Waals surface area contributed by atoms with E-state index in [2.05, 4.69) is 21.4 Å². The van der Waals surface area contributed by atoms with Crippen LogP contribution in [0.2, 0.25) is 0 Å². The number of para-hydroxylation sites is 2. The summed E-state index contributed by atoms with van der Waals surface area (Å²) in [5.41, 5.74) is 3.17. The fraction of sp³-hybridized carbons (Fsp3) is 0.118. The minimum Gasteiger partial charge on any atom is -0.311 e. The van der Waals surface area contributed by atoms with Crippen molar-refractivity contribution in [3.05, 3.63) is 59.9 Å². The third kappa shape index (κ3) is 2.14. The summed E-state index contributed by atoms with van der Waals surface area (Å²) in [5.74, 6) is 1.95. The van der Waals surface area contributed by atoms with Crippen LogP contribution in [0.3, 0.4) is 0 Å². The molecule has 0 aliphatic heterocycles. The van der Waals surface area contributed by atoms with E-state index < -0.39 is 0 Å². The van der Waals surface area contributed by atoms with E-state index >= 15 is 0 Å². The van der Waals surface area contributed by atoms with Gasteiger partial charge in [-0.2, -0.15) is 4.52 Å². The fourth-order valence-electron chi connectivity index (χ4n) is 3.00. The number of nitrogens with zero attached hydrogens (tertiary/aromatic N) is 6. The van der Waals surface area contributed by atoms with Crippen LogP contribution in [-0.4, -0.2) is 28.8 Å². The zero-order chi connectivity index (χ0) is 17.0. The summed E-state index contributed by atoms with van der Waals surface area (Å²) in [7, 11) is 1.99. The van der Waals surface area contributed by atoms with Crippen LogP contribution < -0.4 is 0 Å². The van der Waals surface area contributed by atoms with Crippen LogP contribution in [0.5, 0.6) is 0 Å². The average Bonchev–Trinajstić information content (AvgIpc) is 3.27. The number of thioether (sulfide) groups is 1. The monoisotopic (exact) mass is 352 g/mol. The summed E-state index contributed by atoms with van der Waals surface area (Å²) in [4.78, 5) is 0. The predicted molar refractivity (Wildman–Crippen MR) is 94.2 cm³/mol. The maximum absolute atomic E-state index is 13.0. The van der Waals surface area contributed by atoms with E-state index in [0.29, 0.717) is 16.7 Å². The molecule has 5 rings (SSSR count). The first kappa shape index (κ1) is 14.5. The second-order valence-electron chi connectivity index (χ2n) is 5.79. The molecule has 8 heteroatoms. The van der Waals surface area contributed by atoms with Crippen LogP contribution in [0.25, 0.3) is 22.6 Å². The minimum absolute atomic E-state index is 0.231. The van der Waals surface area contributed by atoms with Gasteiger partial charge in [0.15, 0.2) is 0 Å². The third-order valence-corrected chi connectivity index (χ3v) is 5.24. The van der Waals surface area contributed by atoms with Crippen LogP contribution >= 0.6 is 11.8 Å². The highest BCUT2D eigenvalue weighted by Gasteiger charge is 2.18. The van der Waals surface area contributed by atoms with E-state index in [4.69, 9.17) is 0 Å². The second-order valence-corrected chi connectivity index (χ2v) is 6.74. The Bertz CT molecular complexity index is 1220. The number of aromatic nitrogens is 6. The number of halogens is 1. The number of aryl methyl sites for hydroxylation is 1. The molecule has 0 fully saturated rings. The van der Waals surface area contributed by atoms with Gasteiger partial charge in [0.1, 0.15) is 5.82 Å². The molecule has 0 N–H and O–H groups in total. The molecule has 2 aromatic carbocycles. The molecule has 0 aliphatic carbocycles. The molecule has 0 aliphatic rings. The van der Waals surface area contributed by atoms with E-state index in [1.807, 2.05) is 34.2 Å². The maximum atomic E-state index is 13.0. The minimum atomic E-state index is -0.231. The SMILES string of the molecule is Cn1c2ccccc2n2c1nn1c(SCc3ccc(F)cc3)nnc12.